The third kappa shape index (κ3) is 1.96. The number of phenols is 3. The number of rotatable bonds is 1. The predicted octanol–water partition coefficient (Wildman–Crippen LogP) is 2.87. The van der Waals surface area contributed by atoms with Crippen molar-refractivity contribution in [1.29, 1.82) is 0 Å². The van der Waals surface area contributed by atoms with Crippen LogP contribution in [0.25, 0.3) is 16.6 Å². The molecule has 0 saturated heterocycles. The van der Waals surface area contributed by atoms with E-state index in [9.17, 15) is 15.3 Å². The van der Waals surface area contributed by atoms with Gasteiger partial charge in [0.1, 0.15) is 28.2 Å². The molecule has 1 aromatic heterocycles. The van der Waals surface area contributed by atoms with Gasteiger partial charge in [0, 0.05) is 17.8 Å². The first kappa shape index (κ1) is 12.4. The Morgan fingerprint density at radius 3 is 2.35 bits per heavy atom. The van der Waals surface area contributed by atoms with Crippen LogP contribution in [0.2, 0.25) is 0 Å². The third-order valence-electron chi connectivity index (χ3n) is 2.95. The van der Waals surface area contributed by atoms with Crippen LogP contribution in [0.15, 0.2) is 42.7 Å². The van der Waals surface area contributed by atoms with E-state index in [1.165, 1.54) is 30.6 Å². The number of phenolic OH excluding ortho intramolecular Hbond substituents is 3. The molecular weight excluding hydrogens is 276 g/mol. The number of hydrogen-bond donors (Lipinski definition) is 3. The van der Waals surface area contributed by atoms with Gasteiger partial charge in [-0.2, -0.15) is 0 Å². The van der Waals surface area contributed by atoms with E-state index in [0.717, 1.165) is 5.69 Å². The van der Waals surface area contributed by atoms with Gasteiger partial charge in [0.25, 0.3) is 0 Å². The second-order valence-corrected chi connectivity index (χ2v) is 4.68. The molecule has 0 saturated carbocycles. The number of nitrogens with zero attached hydrogens (tertiary/aromatic N) is 2. The van der Waals surface area contributed by atoms with Gasteiger partial charge in [-0.3, -0.25) is 4.57 Å². The fourth-order valence-electron chi connectivity index (χ4n) is 2.01. The summed E-state index contributed by atoms with van der Waals surface area (Å²) in [6, 6.07) is 9.12. The molecule has 3 rings (SSSR count). The Labute approximate surface area is 119 Å². The summed E-state index contributed by atoms with van der Waals surface area (Å²) in [4.78, 5) is 4.18. The highest BCUT2D eigenvalue weighted by Gasteiger charge is 2.09. The normalized spacial score (nSPS) is 10.8. The zero-order chi connectivity index (χ0) is 14.3. The van der Waals surface area contributed by atoms with Gasteiger partial charge in [-0.1, -0.05) is 12.2 Å². The minimum Gasteiger partial charge on any atom is -0.508 e. The molecule has 0 unspecified atom stereocenters. The van der Waals surface area contributed by atoms with E-state index in [-0.39, 0.29) is 17.2 Å². The summed E-state index contributed by atoms with van der Waals surface area (Å²) in [5.74, 6) is -0.0355. The topological polar surface area (TPSA) is 78.5 Å². The van der Waals surface area contributed by atoms with Gasteiger partial charge < -0.3 is 15.3 Å². The standard InChI is InChI=1S/C14H10N2O3S/c17-9-3-1-8(2-4-9)16-7-15-11-5-10(18)6-12(19)13(11)14(16)20/h1-7,17-19H. The maximum absolute atomic E-state index is 9.93. The van der Waals surface area contributed by atoms with E-state index in [1.54, 1.807) is 16.7 Å². The van der Waals surface area contributed by atoms with E-state index in [4.69, 9.17) is 12.2 Å². The zero-order valence-corrected chi connectivity index (χ0v) is 11.0. The Hall–Kier alpha value is -2.60. The van der Waals surface area contributed by atoms with Crippen LogP contribution in [0.5, 0.6) is 17.2 Å². The van der Waals surface area contributed by atoms with Gasteiger partial charge in [-0.15, -0.1) is 0 Å². The fraction of sp³-hybridized carbons (Fsp3) is 0. The van der Waals surface area contributed by atoms with Gasteiger partial charge in [0.15, 0.2) is 0 Å². The molecule has 0 amide bonds. The number of hydrogen-bond acceptors (Lipinski definition) is 5. The third-order valence-corrected chi connectivity index (χ3v) is 3.36. The van der Waals surface area contributed by atoms with Crippen LogP contribution in [0.3, 0.4) is 0 Å². The maximum atomic E-state index is 9.93. The van der Waals surface area contributed by atoms with Crippen molar-refractivity contribution in [1.82, 2.24) is 9.55 Å². The lowest BCUT2D eigenvalue weighted by Gasteiger charge is -2.09. The van der Waals surface area contributed by atoms with E-state index in [2.05, 4.69) is 4.98 Å². The molecule has 0 fully saturated rings. The monoisotopic (exact) mass is 286 g/mol. The van der Waals surface area contributed by atoms with Crippen LogP contribution in [-0.2, 0) is 0 Å². The Morgan fingerprint density at radius 1 is 0.950 bits per heavy atom. The van der Waals surface area contributed by atoms with Gasteiger partial charge in [0.2, 0.25) is 0 Å². The van der Waals surface area contributed by atoms with E-state index in [1.807, 2.05) is 0 Å². The number of aromatic nitrogens is 2. The Morgan fingerprint density at radius 2 is 1.65 bits per heavy atom. The van der Waals surface area contributed by atoms with Gasteiger partial charge >= 0.3 is 0 Å². The van der Waals surface area contributed by atoms with E-state index in [0.29, 0.717) is 15.5 Å². The molecule has 5 nitrogen and oxygen atoms in total. The lowest BCUT2D eigenvalue weighted by molar-refractivity contribution is 0.454. The quantitative estimate of drug-likeness (QED) is 0.599. The minimum atomic E-state index is -0.120. The second kappa shape index (κ2) is 4.50. The first-order chi connectivity index (χ1) is 9.56. The van der Waals surface area contributed by atoms with Crippen LogP contribution in [-0.4, -0.2) is 24.9 Å². The minimum absolute atomic E-state index is 0.0701. The molecule has 0 atom stereocenters. The van der Waals surface area contributed by atoms with Gasteiger partial charge in [0.05, 0.1) is 10.9 Å². The number of fused-ring (bicyclic) bond motifs is 1. The predicted molar refractivity (Wildman–Crippen MR) is 76.9 cm³/mol. The molecule has 1 heterocycles. The van der Waals surface area contributed by atoms with Crippen molar-refractivity contribution in [3.05, 3.63) is 47.4 Å². The molecule has 0 spiro atoms. The summed E-state index contributed by atoms with van der Waals surface area (Å²) in [6.45, 7) is 0. The summed E-state index contributed by atoms with van der Waals surface area (Å²) in [5, 5.41) is 29.1. The maximum Gasteiger partial charge on any atom is 0.131 e. The average molecular weight is 286 g/mol. The van der Waals surface area contributed by atoms with E-state index >= 15 is 0 Å². The number of aromatic hydroxyl groups is 3. The Kier molecular flexibility index (Phi) is 2.80. The zero-order valence-electron chi connectivity index (χ0n) is 10.2. The van der Waals surface area contributed by atoms with Gasteiger partial charge in [-0.25, -0.2) is 4.98 Å². The highest BCUT2D eigenvalue weighted by Crippen LogP contribution is 2.30. The smallest absolute Gasteiger partial charge is 0.131 e. The first-order valence-electron chi connectivity index (χ1n) is 5.79. The summed E-state index contributed by atoms with van der Waals surface area (Å²) >= 11 is 5.36. The lowest BCUT2D eigenvalue weighted by Crippen LogP contribution is -1.99. The molecule has 3 aromatic rings. The van der Waals surface area contributed by atoms with Crippen LogP contribution in [0.4, 0.5) is 0 Å². The number of benzene rings is 2. The molecule has 6 heteroatoms. The molecular formula is C14H10N2O3S. The highest BCUT2D eigenvalue weighted by atomic mass is 32.1. The molecule has 0 aliphatic carbocycles. The molecule has 0 radical (unpaired) electrons. The summed E-state index contributed by atoms with van der Waals surface area (Å²) in [5.41, 5.74) is 1.14. The van der Waals surface area contributed by atoms with Crippen LogP contribution in [0, 0.1) is 4.64 Å². The van der Waals surface area contributed by atoms with Crippen LogP contribution < -0.4 is 0 Å². The molecule has 0 aliphatic rings. The van der Waals surface area contributed by atoms with Crippen molar-refractivity contribution in [3.63, 3.8) is 0 Å². The van der Waals surface area contributed by atoms with E-state index < -0.39 is 0 Å². The summed E-state index contributed by atoms with van der Waals surface area (Å²) in [7, 11) is 0. The second-order valence-electron chi connectivity index (χ2n) is 4.30. The average Bonchev–Trinajstić information content (AvgIpc) is 2.39. The summed E-state index contributed by atoms with van der Waals surface area (Å²) < 4.78 is 1.99. The SMILES string of the molecule is Oc1ccc(-n2cnc3cc(O)cc(O)c3c2=S)cc1. The van der Waals surface area contributed by atoms with Crippen LogP contribution in [0.1, 0.15) is 0 Å². The first-order valence-corrected chi connectivity index (χ1v) is 6.20. The molecule has 0 aliphatic heterocycles. The fourth-order valence-corrected chi connectivity index (χ4v) is 2.37. The van der Waals surface area contributed by atoms with Crippen LogP contribution >= 0.6 is 12.2 Å². The molecule has 0 bridgehead atoms. The van der Waals surface area contributed by atoms with Crippen molar-refractivity contribution in [2.45, 2.75) is 0 Å². The molecule has 2 aromatic carbocycles. The Bertz CT molecular complexity index is 857. The lowest BCUT2D eigenvalue weighted by atomic mass is 10.2. The van der Waals surface area contributed by atoms with Crippen molar-refractivity contribution >= 4 is 23.1 Å². The van der Waals surface area contributed by atoms with Crippen molar-refractivity contribution in [2.24, 2.45) is 0 Å². The largest absolute Gasteiger partial charge is 0.508 e. The highest BCUT2D eigenvalue weighted by molar-refractivity contribution is 7.71. The van der Waals surface area contributed by atoms with Crippen molar-refractivity contribution in [2.75, 3.05) is 0 Å². The molecule has 3 N–H and O–H groups in total. The van der Waals surface area contributed by atoms with Crippen molar-refractivity contribution in [3.8, 4) is 22.9 Å². The van der Waals surface area contributed by atoms with Gasteiger partial charge in [-0.05, 0) is 24.3 Å². The molecule has 100 valence electrons. The Balaban J connectivity index is 2.31. The summed E-state index contributed by atoms with van der Waals surface area (Å²) in [6.07, 6.45) is 1.51. The molecule has 20 heavy (non-hydrogen) atoms. The van der Waals surface area contributed by atoms with Crippen molar-refractivity contribution < 1.29 is 15.3 Å².